The Labute approximate surface area is 152 Å². The number of hydrogen-bond acceptors (Lipinski definition) is 3. The molecule has 0 bridgehead atoms. The van der Waals surface area contributed by atoms with Gasteiger partial charge in [0.05, 0.1) is 4.47 Å². The fourth-order valence-corrected chi connectivity index (χ4v) is 4.15. The molecule has 0 unspecified atom stereocenters. The van der Waals surface area contributed by atoms with Gasteiger partial charge in [-0.1, -0.05) is 28.9 Å². The van der Waals surface area contributed by atoms with E-state index in [1.807, 2.05) is 23.1 Å². The lowest BCUT2D eigenvalue weighted by Gasteiger charge is -2.30. The first kappa shape index (κ1) is 16.7. The number of benzene rings is 1. The average molecular weight is 442 g/mol. The molecule has 2 aromatic rings. The number of hydrogen-bond donors (Lipinski definition) is 0. The van der Waals surface area contributed by atoms with E-state index in [1.54, 1.807) is 6.20 Å². The van der Waals surface area contributed by atoms with E-state index in [2.05, 4.69) is 43.8 Å². The van der Waals surface area contributed by atoms with Crippen LogP contribution in [0.4, 0.5) is 0 Å². The monoisotopic (exact) mass is 440 g/mol. The number of nitrogens with zero attached hydrogens (tertiary/aromatic N) is 2. The van der Waals surface area contributed by atoms with Crippen LogP contribution in [0, 0.1) is 5.92 Å². The SMILES string of the molecule is CC1CCN(C(=O)COc2c(Br)cc(Br)c3cccnc23)CC1. The van der Waals surface area contributed by atoms with E-state index >= 15 is 0 Å². The molecule has 0 saturated carbocycles. The molecule has 1 aliphatic rings. The van der Waals surface area contributed by atoms with Gasteiger partial charge in [0.25, 0.3) is 5.91 Å². The number of likely N-dealkylation sites (tertiary alicyclic amines) is 1. The Kier molecular flexibility index (Phi) is 5.21. The second kappa shape index (κ2) is 7.18. The third-order valence-electron chi connectivity index (χ3n) is 4.23. The van der Waals surface area contributed by atoms with Crippen LogP contribution in [0.1, 0.15) is 19.8 Å². The highest BCUT2D eigenvalue weighted by Gasteiger charge is 2.21. The van der Waals surface area contributed by atoms with Crippen molar-refractivity contribution in [1.82, 2.24) is 9.88 Å². The second-order valence-electron chi connectivity index (χ2n) is 5.92. The Balaban J connectivity index is 1.76. The maximum absolute atomic E-state index is 12.3. The van der Waals surface area contributed by atoms with E-state index < -0.39 is 0 Å². The Hall–Kier alpha value is -1.14. The van der Waals surface area contributed by atoms with Crippen molar-refractivity contribution < 1.29 is 9.53 Å². The van der Waals surface area contributed by atoms with Crippen molar-refractivity contribution in [1.29, 1.82) is 0 Å². The van der Waals surface area contributed by atoms with Crippen molar-refractivity contribution in [2.24, 2.45) is 5.92 Å². The third-order valence-corrected chi connectivity index (χ3v) is 5.47. The number of piperidine rings is 1. The molecular formula is C17H18Br2N2O2. The van der Waals surface area contributed by atoms with E-state index in [1.165, 1.54) is 0 Å². The largest absolute Gasteiger partial charge is 0.480 e. The zero-order valence-corrected chi connectivity index (χ0v) is 16.1. The van der Waals surface area contributed by atoms with Crippen molar-refractivity contribution in [3.05, 3.63) is 33.3 Å². The zero-order valence-electron chi connectivity index (χ0n) is 12.9. The first-order valence-corrected chi connectivity index (χ1v) is 9.28. The van der Waals surface area contributed by atoms with Gasteiger partial charge in [0, 0.05) is 29.1 Å². The average Bonchev–Trinajstić information content (AvgIpc) is 2.55. The smallest absolute Gasteiger partial charge is 0.260 e. The Morgan fingerprint density at radius 1 is 1.35 bits per heavy atom. The lowest BCUT2D eigenvalue weighted by molar-refractivity contribution is -0.134. The summed E-state index contributed by atoms with van der Waals surface area (Å²) in [4.78, 5) is 18.6. The standard InChI is InChI=1S/C17H18Br2N2O2/c1-11-4-7-21(8-5-11)15(22)10-23-17-14(19)9-13(18)12-3-2-6-20-16(12)17/h2-3,6,9,11H,4-5,7-8,10H2,1H3. The van der Waals surface area contributed by atoms with Gasteiger partial charge in [-0.25, -0.2) is 0 Å². The number of rotatable bonds is 3. The van der Waals surface area contributed by atoms with Crippen LogP contribution in [0.25, 0.3) is 10.9 Å². The molecule has 23 heavy (non-hydrogen) atoms. The third kappa shape index (κ3) is 3.69. The Morgan fingerprint density at radius 3 is 2.83 bits per heavy atom. The van der Waals surface area contributed by atoms with Crippen molar-refractivity contribution in [3.63, 3.8) is 0 Å². The van der Waals surface area contributed by atoms with Gasteiger partial charge in [-0.15, -0.1) is 0 Å². The van der Waals surface area contributed by atoms with Crippen LogP contribution in [0.2, 0.25) is 0 Å². The number of aromatic nitrogens is 1. The molecule has 3 rings (SSSR count). The second-order valence-corrected chi connectivity index (χ2v) is 7.63. The summed E-state index contributed by atoms with van der Waals surface area (Å²) in [7, 11) is 0. The van der Waals surface area contributed by atoms with Gasteiger partial charge in [0.15, 0.2) is 12.4 Å². The van der Waals surface area contributed by atoms with Gasteiger partial charge in [0.1, 0.15) is 5.52 Å². The summed E-state index contributed by atoms with van der Waals surface area (Å²) in [6.45, 7) is 3.92. The topological polar surface area (TPSA) is 42.4 Å². The van der Waals surface area contributed by atoms with Crippen LogP contribution >= 0.6 is 31.9 Å². The summed E-state index contributed by atoms with van der Waals surface area (Å²) in [5.41, 5.74) is 0.744. The Bertz CT molecular complexity index is 728. The van der Waals surface area contributed by atoms with Crippen LogP contribution < -0.4 is 4.74 Å². The number of halogens is 2. The highest BCUT2D eigenvalue weighted by atomic mass is 79.9. The number of pyridine rings is 1. The minimum atomic E-state index is 0.0378. The molecule has 2 heterocycles. The van der Waals surface area contributed by atoms with Crippen molar-refractivity contribution in [3.8, 4) is 5.75 Å². The summed E-state index contributed by atoms with van der Waals surface area (Å²) < 4.78 is 7.55. The number of fused-ring (bicyclic) bond motifs is 1. The molecule has 122 valence electrons. The quantitative estimate of drug-likeness (QED) is 0.708. The van der Waals surface area contributed by atoms with Crippen LogP contribution in [-0.4, -0.2) is 35.5 Å². The van der Waals surface area contributed by atoms with Gasteiger partial charge in [-0.2, -0.15) is 0 Å². The Morgan fingerprint density at radius 2 is 2.09 bits per heavy atom. The summed E-state index contributed by atoms with van der Waals surface area (Å²) in [5.74, 6) is 1.35. The normalized spacial score (nSPS) is 15.9. The fraction of sp³-hybridized carbons (Fsp3) is 0.412. The van der Waals surface area contributed by atoms with Crippen LogP contribution in [0.5, 0.6) is 5.75 Å². The minimum Gasteiger partial charge on any atom is -0.480 e. The van der Waals surface area contributed by atoms with Crippen LogP contribution in [0.3, 0.4) is 0 Å². The summed E-state index contributed by atoms with van der Waals surface area (Å²) in [5, 5.41) is 0.963. The molecule has 1 aliphatic heterocycles. The van der Waals surface area contributed by atoms with E-state index in [0.717, 1.165) is 45.8 Å². The molecular weight excluding hydrogens is 424 g/mol. The number of carbonyl (C=O) groups excluding carboxylic acids is 1. The summed E-state index contributed by atoms with van der Waals surface area (Å²) in [6.07, 6.45) is 3.86. The molecule has 1 fully saturated rings. The molecule has 0 atom stereocenters. The molecule has 4 nitrogen and oxygen atoms in total. The lowest BCUT2D eigenvalue weighted by Crippen LogP contribution is -2.40. The number of carbonyl (C=O) groups is 1. The maximum Gasteiger partial charge on any atom is 0.260 e. The molecule has 1 aromatic heterocycles. The van der Waals surface area contributed by atoms with Gasteiger partial charge in [-0.3, -0.25) is 9.78 Å². The molecule has 0 radical (unpaired) electrons. The molecule has 6 heteroatoms. The first-order valence-electron chi connectivity index (χ1n) is 7.69. The highest BCUT2D eigenvalue weighted by molar-refractivity contribution is 9.11. The van der Waals surface area contributed by atoms with Gasteiger partial charge < -0.3 is 9.64 Å². The predicted octanol–water partition coefficient (Wildman–Crippen LogP) is 4.40. The lowest BCUT2D eigenvalue weighted by atomic mass is 9.99. The molecule has 1 saturated heterocycles. The van der Waals surface area contributed by atoms with Gasteiger partial charge in [-0.05, 0) is 46.8 Å². The molecule has 0 aliphatic carbocycles. The summed E-state index contributed by atoms with van der Waals surface area (Å²) >= 11 is 7.03. The fourth-order valence-electron chi connectivity index (χ4n) is 2.77. The van der Waals surface area contributed by atoms with Crippen LogP contribution in [-0.2, 0) is 4.79 Å². The van der Waals surface area contributed by atoms with Crippen molar-refractivity contribution in [2.75, 3.05) is 19.7 Å². The zero-order chi connectivity index (χ0) is 16.4. The number of amides is 1. The van der Waals surface area contributed by atoms with E-state index in [-0.39, 0.29) is 12.5 Å². The highest BCUT2D eigenvalue weighted by Crippen LogP contribution is 2.37. The molecule has 1 amide bonds. The predicted molar refractivity (Wildman–Crippen MR) is 97.6 cm³/mol. The van der Waals surface area contributed by atoms with Crippen molar-refractivity contribution in [2.45, 2.75) is 19.8 Å². The van der Waals surface area contributed by atoms with Gasteiger partial charge >= 0.3 is 0 Å². The van der Waals surface area contributed by atoms with Gasteiger partial charge in [0.2, 0.25) is 0 Å². The molecule has 0 spiro atoms. The van der Waals surface area contributed by atoms with E-state index in [9.17, 15) is 4.79 Å². The van der Waals surface area contributed by atoms with E-state index in [4.69, 9.17) is 4.74 Å². The van der Waals surface area contributed by atoms with Crippen molar-refractivity contribution >= 4 is 48.7 Å². The first-order chi connectivity index (χ1) is 11.1. The van der Waals surface area contributed by atoms with Crippen LogP contribution in [0.15, 0.2) is 33.3 Å². The summed E-state index contributed by atoms with van der Waals surface area (Å²) in [6, 6.07) is 5.77. The maximum atomic E-state index is 12.3. The minimum absolute atomic E-state index is 0.0378. The number of ether oxygens (including phenoxy) is 1. The molecule has 1 aromatic carbocycles. The molecule has 0 N–H and O–H groups in total. The van der Waals surface area contributed by atoms with E-state index in [0.29, 0.717) is 11.7 Å².